The maximum Gasteiger partial charge on any atom is 0.416 e. The van der Waals surface area contributed by atoms with E-state index >= 15 is 0 Å². The summed E-state index contributed by atoms with van der Waals surface area (Å²) in [7, 11) is 0. The minimum atomic E-state index is -4.52. The predicted molar refractivity (Wildman–Crippen MR) is 108 cm³/mol. The summed E-state index contributed by atoms with van der Waals surface area (Å²) in [4.78, 5) is 11.6. The van der Waals surface area contributed by atoms with Gasteiger partial charge in [0.25, 0.3) is 0 Å². The van der Waals surface area contributed by atoms with E-state index in [9.17, 15) is 18.0 Å². The number of alkyl halides is 3. The number of nitrogens with one attached hydrogen (secondary N) is 3. The number of anilines is 3. The number of ketones is 1. The normalized spacial score (nSPS) is 17.1. The molecule has 0 heterocycles. The maximum atomic E-state index is 13.1. The molecule has 2 aromatic carbocycles. The Balaban J connectivity index is 1.74. The Kier molecular flexibility index (Phi) is 6.10. The Hall–Kier alpha value is -3.03. The molecule has 1 fully saturated rings. The monoisotopic (exact) mass is 404 g/mol. The van der Waals surface area contributed by atoms with E-state index in [1.807, 2.05) is 24.3 Å². The molecule has 8 heteroatoms. The minimum absolute atomic E-state index is 0.102. The van der Waals surface area contributed by atoms with Gasteiger partial charge in [0.15, 0.2) is 0 Å². The molecular weight excluding hydrogens is 381 g/mol. The number of hydrogen-bond acceptors (Lipinski definition) is 5. The molecule has 1 atom stereocenters. The molecule has 2 aromatic rings. The highest BCUT2D eigenvalue weighted by Gasteiger charge is 2.31. The zero-order valence-corrected chi connectivity index (χ0v) is 15.8. The summed E-state index contributed by atoms with van der Waals surface area (Å²) in [6, 6.07) is 9.40. The molecular formula is C21H23F3N4O. The Morgan fingerprint density at radius 3 is 2.72 bits per heavy atom. The van der Waals surface area contributed by atoms with Gasteiger partial charge >= 0.3 is 6.18 Å². The lowest BCUT2D eigenvalue weighted by Crippen LogP contribution is -2.27. The largest absolute Gasteiger partial charge is 0.416 e. The average molecular weight is 404 g/mol. The van der Waals surface area contributed by atoms with Gasteiger partial charge in [0.1, 0.15) is 5.78 Å². The van der Waals surface area contributed by atoms with Gasteiger partial charge < -0.3 is 21.8 Å². The van der Waals surface area contributed by atoms with Crippen molar-refractivity contribution in [2.45, 2.75) is 44.4 Å². The van der Waals surface area contributed by atoms with Crippen LogP contribution in [-0.4, -0.2) is 18.0 Å². The van der Waals surface area contributed by atoms with Crippen molar-refractivity contribution in [1.82, 2.24) is 0 Å². The van der Waals surface area contributed by atoms with Crippen molar-refractivity contribution in [3.63, 3.8) is 0 Å². The van der Waals surface area contributed by atoms with Gasteiger partial charge in [-0.05, 0) is 42.7 Å². The summed E-state index contributed by atoms with van der Waals surface area (Å²) in [5.41, 5.74) is 6.83. The second-order valence-electron chi connectivity index (χ2n) is 7.20. The molecule has 5 N–H and O–H groups in total. The van der Waals surface area contributed by atoms with E-state index in [2.05, 4.69) is 10.6 Å². The van der Waals surface area contributed by atoms with E-state index in [1.165, 1.54) is 0 Å². The minimum Gasteiger partial charge on any atom is -0.398 e. The molecule has 0 spiro atoms. The fraction of sp³-hybridized carbons (Fsp3) is 0.333. The SMILES string of the molecule is N=Cc1c(N)cc(C(F)(F)F)cc1NCc1cccc(NC2CCCC(=O)C2)c1. The summed E-state index contributed by atoms with van der Waals surface area (Å²) in [6.07, 6.45) is -0.629. The number of carbonyl (C=O) groups excluding carboxylic acids is 1. The molecule has 154 valence electrons. The topological polar surface area (TPSA) is 91.0 Å². The van der Waals surface area contributed by atoms with Crippen molar-refractivity contribution in [3.8, 4) is 0 Å². The molecule has 1 saturated carbocycles. The lowest BCUT2D eigenvalue weighted by Gasteiger charge is -2.23. The molecule has 3 rings (SSSR count). The zero-order chi connectivity index (χ0) is 21.0. The van der Waals surface area contributed by atoms with Crippen LogP contribution in [0.25, 0.3) is 0 Å². The molecule has 1 aliphatic carbocycles. The average Bonchev–Trinajstić information content (AvgIpc) is 2.65. The number of Topliss-reactive ketones (excluding diaryl/α,β-unsaturated/α-hetero) is 1. The fourth-order valence-corrected chi connectivity index (χ4v) is 3.50. The van der Waals surface area contributed by atoms with E-state index in [4.69, 9.17) is 11.1 Å². The Labute approximate surface area is 167 Å². The number of rotatable bonds is 6. The molecule has 1 aliphatic rings. The first kappa shape index (κ1) is 20.7. The van der Waals surface area contributed by atoms with Gasteiger partial charge in [0.2, 0.25) is 0 Å². The van der Waals surface area contributed by atoms with E-state index in [0.29, 0.717) is 12.8 Å². The van der Waals surface area contributed by atoms with Gasteiger partial charge in [0, 0.05) is 54.3 Å². The van der Waals surface area contributed by atoms with Crippen LogP contribution in [0.4, 0.5) is 30.2 Å². The molecule has 1 unspecified atom stereocenters. The van der Waals surface area contributed by atoms with Crippen molar-refractivity contribution in [2.24, 2.45) is 0 Å². The summed E-state index contributed by atoms with van der Waals surface area (Å²) in [5.74, 6) is 0.257. The second-order valence-corrected chi connectivity index (χ2v) is 7.20. The molecule has 0 bridgehead atoms. The van der Waals surface area contributed by atoms with Crippen LogP contribution in [0, 0.1) is 5.41 Å². The van der Waals surface area contributed by atoms with Crippen LogP contribution in [0.2, 0.25) is 0 Å². The van der Waals surface area contributed by atoms with Crippen molar-refractivity contribution in [3.05, 3.63) is 53.1 Å². The summed E-state index contributed by atoms with van der Waals surface area (Å²) in [5, 5.41) is 13.8. The van der Waals surface area contributed by atoms with Gasteiger partial charge in [-0.1, -0.05) is 12.1 Å². The van der Waals surface area contributed by atoms with Crippen LogP contribution in [-0.2, 0) is 17.5 Å². The van der Waals surface area contributed by atoms with E-state index in [1.54, 1.807) is 0 Å². The van der Waals surface area contributed by atoms with Crippen molar-refractivity contribution < 1.29 is 18.0 Å². The van der Waals surface area contributed by atoms with E-state index in [-0.39, 0.29) is 35.3 Å². The van der Waals surface area contributed by atoms with Crippen LogP contribution < -0.4 is 16.4 Å². The van der Waals surface area contributed by atoms with Crippen LogP contribution in [0.3, 0.4) is 0 Å². The quantitative estimate of drug-likeness (QED) is 0.410. The number of hydrogen-bond donors (Lipinski definition) is 4. The standard InChI is InChI=1S/C21H23F3N4O/c22-21(23,24)14-8-19(26)18(11-25)20(9-14)27-12-13-3-1-4-15(7-13)28-16-5-2-6-17(29)10-16/h1,3-4,7-9,11,16,25,27-28H,2,5-6,10,12,26H2. The lowest BCUT2D eigenvalue weighted by atomic mass is 9.94. The summed E-state index contributed by atoms with van der Waals surface area (Å²) in [6.45, 7) is 0.265. The molecule has 29 heavy (non-hydrogen) atoms. The molecule has 0 saturated heterocycles. The number of nitrogens with two attached hydrogens (primary N) is 1. The molecule has 0 radical (unpaired) electrons. The number of nitrogen functional groups attached to an aromatic ring is 1. The Morgan fingerprint density at radius 1 is 1.24 bits per heavy atom. The summed E-state index contributed by atoms with van der Waals surface area (Å²) >= 11 is 0. The highest BCUT2D eigenvalue weighted by molar-refractivity contribution is 5.93. The highest BCUT2D eigenvalue weighted by atomic mass is 19.4. The smallest absolute Gasteiger partial charge is 0.398 e. The van der Waals surface area contributed by atoms with Gasteiger partial charge in [-0.2, -0.15) is 13.2 Å². The fourth-order valence-electron chi connectivity index (χ4n) is 3.50. The van der Waals surface area contributed by atoms with E-state index in [0.717, 1.165) is 42.4 Å². The van der Waals surface area contributed by atoms with Crippen molar-refractivity contribution in [1.29, 1.82) is 5.41 Å². The first-order valence-electron chi connectivity index (χ1n) is 9.38. The third-order valence-electron chi connectivity index (χ3n) is 4.95. The predicted octanol–water partition coefficient (Wildman–Crippen LogP) is 4.82. The van der Waals surface area contributed by atoms with Crippen LogP contribution in [0.5, 0.6) is 0 Å². The van der Waals surface area contributed by atoms with Gasteiger partial charge in [0.05, 0.1) is 5.56 Å². The molecule has 5 nitrogen and oxygen atoms in total. The maximum absolute atomic E-state index is 13.1. The zero-order valence-electron chi connectivity index (χ0n) is 15.8. The number of carbonyl (C=O) groups is 1. The first-order chi connectivity index (χ1) is 13.8. The van der Waals surface area contributed by atoms with Crippen LogP contribution in [0.1, 0.15) is 42.4 Å². The van der Waals surface area contributed by atoms with Crippen LogP contribution in [0.15, 0.2) is 36.4 Å². The third kappa shape index (κ3) is 5.28. The molecule has 0 amide bonds. The Morgan fingerprint density at radius 2 is 2.03 bits per heavy atom. The van der Waals surface area contributed by atoms with Crippen LogP contribution >= 0.6 is 0 Å². The third-order valence-corrected chi connectivity index (χ3v) is 4.95. The molecule has 0 aliphatic heterocycles. The van der Waals surface area contributed by atoms with Crippen molar-refractivity contribution >= 4 is 29.1 Å². The van der Waals surface area contributed by atoms with Gasteiger partial charge in [-0.3, -0.25) is 4.79 Å². The second kappa shape index (κ2) is 8.55. The highest BCUT2D eigenvalue weighted by Crippen LogP contribution is 2.35. The van der Waals surface area contributed by atoms with Gasteiger partial charge in [-0.25, -0.2) is 0 Å². The Bertz CT molecular complexity index is 911. The lowest BCUT2D eigenvalue weighted by molar-refractivity contribution is -0.137. The van der Waals surface area contributed by atoms with Crippen molar-refractivity contribution in [2.75, 3.05) is 16.4 Å². The first-order valence-corrected chi connectivity index (χ1v) is 9.38. The van der Waals surface area contributed by atoms with E-state index < -0.39 is 11.7 Å². The number of halogens is 3. The van der Waals surface area contributed by atoms with Gasteiger partial charge in [-0.15, -0.1) is 0 Å². The number of benzene rings is 2. The summed E-state index contributed by atoms with van der Waals surface area (Å²) < 4.78 is 39.2. The molecule has 0 aromatic heterocycles.